The first-order valence-electron chi connectivity index (χ1n) is 5.05. The summed E-state index contributed by atoms with van der Waals surface area (Å²) in [4.78, 5) is 0. The third-order valence-electron chi connectivity index (χ3n) is 2.64. The second-order valence-corrected chi connectivity index (χ2v) is 3.66. The lowest BCUT2D eigenvalue weighted by Crippen LogP contribution is -2.32. The van der Waals surface area contributed by atoms with E-state index in [2.05, 4.69) is 20.8 Å². The number of rotatable bonds is 6. The molecule has 0 aromatic heterocycles. The molecule has 74 valence electrons. The maximum absolute atomic E-state index is 9.83. The minimum Gasteiger partial charge on any atom is -0.393 e. The Morgan fingerprint density at radius 3 is 2.25 bits per heavy atom. The zero-order chi connectivity index (χ0) is 9.56. The van der Waals surface area contributed by atoms with Crippen LogP contribution in [0.3, 0.4) is 0 Å². The molecule has 0 radical (unpaired) electrons. The molecule has 2 heteroatoms. The van der Waals surface area contributed by atoms with Crippen LogP contribution in [0, 0.1) is 11.8 Å². The van der Waals surface area contributed by atoms with Gasteiger partial charge >= 0.3 is 0 Å². The van der Waals surface area contributed by atoms with Crippen molar-refractivity contribution in [2.24, 2.45) is 17.6 Å². The molecule has 12 heavy (non-hydrogen) atoms. The van der Waals surface area contributed by atoms with E-state index in [1.165, 1.54) is 0 Å². The number of nitrogens with two attached hydrogens (primary N) is 1. The Balaban J connectivity index is 3.87. The Morgan fingerprint density at radius 1 is 1.33 bits per heavy atom. The summed E-state index contributed by atoms with van der Waals surface area (Å²) in [7, 11) is 0. The van der Waals surface area contributed by atoms with Gasteiger partial charge in [-0.3, -0.25) is 0 Å². The minimum atomic E-state index is -0.208. The molecule has 0 aromatic carbocycles. The fraction of sp³-hybridized carbons (Fsp3) is 1.00. The van der Waals surface area contributed by atoms with Gasteiger partial charge in [-0.05, 0) is 31.2 Å². The van der Waals surface area contributed by atoms with Crippen LogP contribution in [0.2, 0.25) is 0 Å². The van der Waals surface area contributed by atoms with Gasteiger partial charge < -0.3 is 10.8 Å². The normalized spacial score (nSPS) is 18.8. The average molecular weight is 173 g/mol. The Hall–Kier alpha value is -0.0800. The zero-order valence-electron chi connectivity index (χ0n) is 8.59. The van der Waals surface area contributed by atoms with Gasteiger partial charge in [0, 0.05) is 0 Å². The van der Waals surface area contributed by atoms with Gasteiger partial charge in [-0.2, -0.15) is 0 Å². The fourth-order valence-corrected chi connectivity index (χ4v) is 1.64. The number of hydrogen-bond acceptors (Lipinski definition) is 2. The Morgan fingerprint density at radius 2 is 1.92 bits per heavy atom. The van der Waals surface area contributed by atoms with Gasteiger partial charge in [0.2, 0.25) is 0 Å². The summed E-state index contributed by atoms with van der Waals surface area (Å²) in [6.07, 6.45) is 3.00. The summed E-state index contributed by atoms with van der Waals surface area (Å²) in [6.45, 7) is 6.93. The van der Waals surface area contributed by atoms with Gasteiger partial charge in [-0.15, -0.1) is 0 Å². The molecule has 0 bridgehead atoms. The van der Waals surface area contributed by atoms with Crippen molar-refractivity contribution >= 4 is 0 Å². The molecule has 3 atom stereocenters. The molecular formula is C10H23NO. The maximum atomic E-state index is 9.83. The highest BCUT2D eigenvalue weighted by Crippen LogP contribution is 2.19. The minimum absolute atomic E-state index is 0.208. The second-order valence-electron chi connectivity index (χ2n) is 3.66. The van der Waals surface area contributed by atoms with Crippen molar-refractivity contribution in [1.82, 2.24) is 0 Å². The molecule has 0 aliphatic carbocycles. The summed E-state index contributed by atoms with van der Waals surface area (Å²) in [6, 6.07) is 0. The molecule has 3 unspecified atom stereocenters. The van der Waals surface area contributed by atoms with Crippen molar-refractivity contribution in [2.45, 2.75) is 46.1 Å². The highest BCUT2D eigenvalue weighted by molar-refractivity contribution is 4.73. The van der Waals surface area contributed by atoms with E-state index in [1.807, 2.05) is 0 Å². The molecule has 0 aliphatic rings. The summed E-state index contributed by atoms with van der Waals surface area (Å²) >= 11 is 0. The van der Waals surface area contributed by atoms with E-state index in [9.17, 15) is 5.11 Å². The fourth-order valence-electron chi connectivity index (χ4n) is 1.64. The number of aliphatic hydroxyl groups excluding tert-OH is 1. The van der Waals surface area contributed by atoms with Gasteiger partial charge in [0.05, 0.1) is 6.10 Å². The first-order valence-corrected chi connectivity index (χ1v) is 5.05. The molecule has 0 saturated carbocycles. The van der Waals surface area contributed by atoms with Crippen LogP contribution in [0.25, 0.3) is 0 Å². The Labute approximate surface area is 76.2 Å². The lowest BCUT2D eigenvalue weighted by Gasteiger charge is -2.25. The molecule has 0 amide bonds. The topological polar surface area (TPSA) is 46.2 Å². The highest BCUT2D eigenvalue weighted by atomic mass is 16.3. The van der Waals surface area contributed by atoms with Crippen LogP contribution >= 0.6 is 0 Å². The molecule has 0 saturated heterocycles. The van der Waals surface area contributed by atoms with E-state index in [4.69, 9.17) is 5.73 Å². The van der Waals surface area contributed by atoms with Crippen molar-refractivity contribution in [2.75, 3.05) is 6.54 Å². The molecular weight excluding hydrogens is 150 g/mol. The largest absolute Gasteiger partial charge is 0.393 e. The smallest absolute Gasteiger partial charge is 0.0605 e. The Bertz CT molecular complexity index is 102. The highest BCUT2D eigenvalue weighted by Gasteiger charge is 2.21. The van der Waals surface area contributed by atoms with Gasteiger partial charge in [-0.1, -0.05) is 27.2 Å². The molecule has 3 N–H and O–H groups in total. The van der Waals surface area contributed by atoms with Crippen molar-refractivity contribution in [3.63, 3.8) is 0 Å². The van der Waals surface area contributed by atoms with Crippen LogP contribution < -0.4 is 5.73 Å². The monoisotopic (exact) mass is 173 g/mol. The lowest BCUT2D eigenvalue weighted by molar-refractivity contribution is 0.0551. The first kappa shape index (κ1) is 11.9. The van der Waals surface area contributed by atoms with Gasteiger partial charge in [-0.25, -0.2) is 0 Å². The summed E-state index contributed by atoms with van der Waals surface area (Å²) < 4.78 is 0. The van der Waals surface area contributed by atoms with Gasteiger partial charge in [0.25, 0.3) is 0 Å². The van der Waals surface area contributed by atoms with E-state index < -0.39 is 0 Å². The summed E-state index contributed by atoms with van der Waals surface area (Å²) in [5.41, 5.74) is 5.56. The predicted octanol–water partition coefficient (Wildman–Crippen LogP) is 1.77. The quantitative estimate of drug-likeness (QED) is 0.643. The summed E-state index contributed by atoms with van der Waals surface area (Å²) in [5.74, 6) is 0.676. The zero-order valence-corrected chi connectivity index (χ0v) is 8.59. The molecule has 2 nitrogen and oxygen atoms in total. The van der Waals surface area contributed by atoms with Crippen LogP contribution in [0.4, 0.5) is 0 Å². The predicted molar refractivity (Wildman–Crippen MR) is 52.9 cm³/mol. The molecule has 0 aromatic rings. The van der Waals surface area contributed by atoms with Crippen LogP contribution in [0.1, 0.15) is 40.0 Å². The SMILES string of the molecule is CCCC(C)C(O)C(CC)CN. The van der Waals surface area contributed by atoms with Crippen molar-refractivity contribution < 1.29 is 5.11 Å². The van der Waals surface area contributed by atoms with E-state index >= 15 is 0 Å². The van der Waals surface area contributed by atoms with E-state index in [0.29, 0.717) is 12.5 Å². The molecule has 0 aliphatic heterocycles. The van der Waals surface area contributed by atoms with Gasteiger partial charge in [0.15, 0.2) is 0 Å². The molecule has 0 spiro atoms. The number of hydrogen-bond donors (Lipinski definition) is 2. The molecule has 0 fully saturated rings. The third-order valence-corrected chi connectivity index (χ3v) is 2.64. The maximum Gasteiger partial charge on any atom is 0.0605 e. The van der Waals surface area contributed by atoms with Crippen LogP contribution in [-0.4, -0.2) is 17.8 Å². The number of aliphatic hydroxyl groups is 1. The van der Waals surface area contributed by atoms with Crippen LogP contribution in [0.15, 0.2) is 0 Å². The van der Waals surface area contributed by atoms with E-state index in [-0.39, 0.29) is 12.0 Å². The van der Waals surface area contributed by atoms with Gasteiger partial charge in [0.1, 0.15) is 0 Å². The second kappa shape index (κ2) is 6.44. The third kappa shape index (κ3) is 3.55. The molecule has 0 heterocycles. The van der Waals surface area contributed by atoms with E-state index in [1.54, 1.807) is 0 Å². The first-order chi connectivity index (χ1) is 5.67. The average Bonchev–Trinajstić information content (AvgIpc) is 2.07. The standard InChI is InChI=1S/C10H23NO/c1-4-6-8(3)10(12)9(5-2)7-11/h8-10,12H,4-7,11H2,1-3H3. The molecule has 0 rings (SSSR count). The van der Waals surface area contributed by atoms with Crippen molar-refractivity contribution in [3.05, 3.63) is 0 Å². The lowest BCUT2D eigenvalue weighted by atomic mass is 9.88. The van der Waals surface area contributed by atoms with Crippen LogP contribution in [-0.2, 0) is 0 Å². The van der Waals surface area contributed by atoms with E-state index in [0.717, 1.165) is 19.3 Å². The van der Waals surface area contributed by atoms with Crippen molar-refractivity contribution in [3.8, 4) is 0 Å². The van der Waals surface area contributed by atoms with Crippen LogP contribution in [0.5, 0.6) is 0 Å². The Kier molecular flexibility index (Phi) is 6.39. The summed E-state index contributed by atoms with van der Waals surface area (Å²) in [5, 5.41) is 9.83. The van der Waals surface area contributed by atoms with Crippen molar-refractivity contribution in [1.29, 1.82) is 0 Å².